The second kappa shape index (κ2) is 8.14. The summed E-state index contributed by atoms with van der Waals surface area (Å²) in [6.45, 7) is 4.28. The molecule has 0 bridgehead atoms. The first kappa shape index (κ1) is 21.4. The fourth-order valence-corrected chi connectivity index (χ4v) is 4.77. The Kier molecular flexibility index (Phi) is 5.27. The largest absolute Gasteiger partial charge is 0.356 e. The molecule has 1 amide bonds. The number of halogens is 1. The molecule has 170 valence electrons. The van der Waals surface area contributed by atoms with Gasteiger partial charge >= 0.3 is 0 Å². The standard InChI is InChI=1S/C26H27FN4O2/c1-15(2)17-10-20-23(21(33)11-17)25(30-19-5-3-4-18(27)13-19)24(31-20)16-6-9-28-22(12-16)26(7-8-26)29-14-32/h3-6,9,12-15,17,30-31H,7-8,10-11H2,1-2H3,(H,29,32). The summed E-state index contributed by atoms with van der Waals surface area (Å²) in [5.41, 5.74) is 4.80. The number of H-pyrrole nitrogens is 1. The fourth-order valence-electron chi connectivity index (χ4n) is 4.77. The van der Waals surface area contributed by atoms with E-state index in [1.54, 1.807) is 18.3 Å². The average Bonchev–Trinajstić information content (AvgIpc) is 3.48. The smallest absolute Gasteiger partial charge is 0.207 e. The van der Waals surface area contributed by atoms with Gasteiger partial charge in [0.2, 0.25) is 6.41 Å². The van der Waals surface area contributed by atoms with Crippen LogP contribution in [0.5, 0.6) is 0 Å². The number of aromatic nitrogens is 2. The topological polar surface area (TPSA) is 86.9 Å². The summed E-state index contributed by atoms with van der Waals surface area (Å²) in [5.74, 6) is 0.411. The van der Waals surface area contributed by atoms with Gasteiger partial charge in [0.1, 0.15) is 5.82 Å². The van der Waals surface area contributed by atoms with Crippen molar-refractivity contribution in [3.05, 3.63) is 65.4 Å². The van der Waals surface area contributed by atoms with Crippen molar-refractivity contribution in [1.82, 2.24) is 15.3 Å². The first-order valence-corrected chi connectivity index (χ1v) is 11.4. The fraction of sp³-hybridized carbons (Fsp3) is 0.346. The van der Waals surface area contributed by atoms with Crippen LogP contribution in [0.4, 0.5) is 15.8 Å². The number of carbonyl (C=O) groups is 2. The number of ketones is 1. The molecule has 2 aliphatic carbocycles. The Labute approximate surface area is 192 Å². The van der Waals surface area contributed by atoms with Crippen molar-refractivity contribution in [2.24, 2.45) is 11.8 Å². The molecule has 2 aromatic heterocycles. The van der Waals surface area contributed by atoms with Crippen LogP contribution >= 0.6 is 0 Å². The summed E-state index contributed by atoms with van der Waals surface area (Å²) in [7, 11) is 0. The maximum Gasteiger partial charge on any atom is 0.207 e. The lowest BCUT2D eigenvalue weighted by atomic mass is 9.80. The van der Waals surface area contributed by atoms with Crippen LogP contribution in [-0.4, -0.2) is 22.2 Å². The summed E-state index contributed by atoms with van der Waals surface area (Å²) in [6, 6.07) is 10.1. The Morgan fingerprint density at radius 3 is 2.73 bits per heavy atom. The van der Waals surface area contributed by atoms with E-state index in [9.17, 15) is 14.0 Å². The Balaban J connectivity index is 1.62. The van der Waals surface area contributed by atoms with Gasteiger partial charge in [-0.05, 0) is 61.4 Å². The zero-order valence-electron chi connectivity index (χ0n) is 18.7. The van der Waals surface area contributed by atoms with E-state index >= 15 is 0 Å². The number of anilines is 2. The van der Waals surface area contributed by atoms with Crippen LogP contribution in [-0.2, 0) is 16.8 Å². The second-order valence-corrected chi connectivity index (χ2v) is 9.47. The number of carbonyl (C=O) groups excluding carboxylic acids is 2. The van der Waals surface area contributed by atoms with E-state index in [0.29, 0.717) is 29.3 Å². The van der Waals surface area contributed by atoms with Gasteiger partial charge in [0.15, 0.2) is 5.78 Å². The van der Waals surface area contributed by atoms with Crippen LogP contribution in [0.3, 0.4) is 0 Å². The van der Waals surface area contributed by atoms with E-state index in [2.05, 4.69) is 34.4 Å². The third-order valence-corrected chi connectivity index (χ3v) is 6.93. The van der Waals surface area contributed by atoms with Gasteiger partial charge in [0, 0.05) is 29.6 Å². The van der Waals surface area contributed by atoms with Gasteiger partial charge in [-0.3, -0.25) is 14.6 Å². The van der Waals surface area contributed by atoms with E-state index in [-0.39, 0.29) is 17.5 Å². The summed E-state index contributed by atoms with van der Waals surface area (Å²) in [5, 5.41) is 6.21. The molecule has 1 atom stereocenters. The number of Topliss-reactive ketones (excluding diaryl/α,β-unsaturated/α-hetero) is 1. The van der Waals surface area contributed by atoms with Gasteiger partial charge in [0.25, 0.3) is 0 Å². The molecule has 0 saturated heterocycles. The number of benzene rings is 1. The van der Waals surface area contributed by atoms with Crippen molar-refractivity contribution in [1.29, 1.82) is 0 Å². The minimum atomic E-state index is -0.418. The molecule has 1 fully saturated rings. The summed E-state index contributed by atoms with van der Waals surface area (Å²) < 4.78 is 13.9. The molecular weight excluding hydrogens is 419 g/mol. The second-order valence-electron chi connectivity index (χ2n) is 9.47. The highest BCUT2D eigenvalue weighted by Crippen LogP contribution is 2.46. The maximum atomic E-state index is 13.9. The van der Waals surface area contributed by atoms with Gasteiger partial charge in [0.05, 0.1) is 28.2 Å². The Bertz CT molecular complexity index is 1230. The molecule has 3 N–H and O–H groups in total. The molecule has 2 heterocycles. The van der Waals surface area contributed by atoms with Crippen molar-refractivity contribution in [2.45, 2.75) is 45.1 Å². The molecule has 0 aliphatic heterocycles. The summed E-state index contributed by atoms with van der Waals surface area (Å²) in [4.78, 5) is 32.4. The van der Waals surface area contributed by atoms with Gasteiger partial charge < -0.3 is 15.6 Å². The van der Waals surface area contributed by atoms with Crippen LogP contribution in [0.25, 0.3) is 11.3 Å². The minimum Gasteiger partial charge on any atom is -0.356 e. The van der Waals surface area contributed by atoms with Crippen LogP contribution in [0, 0.1) is 17.7 Å². The van der Waals surface area contributed by atoms with Crippen molar-refractivity contribution in [2.75, 3.05) is 5.32 Å². The summed E-state index contributed by atoms with van der Waals surface area (Å²) in [6.07, 6.45) is 5.40. The number of amides is 1. The molecule has 0 spiro atoms. The summed E-state index contributed by atoms with van der Waals surface area (Å²) >= 11 is 0. The lowest BCUT2D eigenvalue weighted by Gasteiger charge is -2.25. The first-order chi connectivity index (χ1) is 15.9. The Morgan fingerprint density at radius 2 is 2.03 bits per heavy atom. The Morgan fingerprint density at radius 1 is 1.21 bits per heavy atom. The molecule has 5 rings (SSSR count). The number of nitrogens with zero attached hydrogens (tertiary/aromatic N) is 1. The molecule has 6 nitrogen and oxygen atoms in total. The molecule has 2 aliphatic rings. The van der Waals surface area contributed by atoms with E-state index in [0.717, 1.165) is 48.3 Å². The molecule has 7 heteroatoms. The number of aromatic amines is 1. The van der Waals surface area contributed by atoms with Crippen molar-refractivity contribution in [3.63, 3.8) is 0 Å². The molecular formula is C26H27FN4O2. The molecule has 33 heavy (non-hydrogen) atoms. The van der Waals surface area contributed by atoms with Gasteiger partial charge in [-0.2, -0.15) is 0 Å². The zero-order valence-corrected chi connectivity index (χ0v) is 18.7. The van der Waals surface area contributed by atoms with Crippen LogP contribution < -0.4 is 10.6 Å². The highest BCUT2D eigenvalue weighted by atomic mass is 19.1. The number of hydrogen-bond acceptors (Lipinski definition) is 4. The highest BCUT2D eigenvalue weighted by Gasteiger charge is 2.45. The number of rotatable bonds is 7. The van der Waals surface area contributed by atoms with Gasteiger partial charge in [-0.25, -0.2) is 4.39 Å². The molecule has 1 saturated carbocycles. The number of hydrogen-bond donors (Lipinski definition) is 3. The van der Waals surface area contributed by atoms with Gasteiger partial charge in [-0.15, -0.1) is 0 Å². The molecule has 1 unspecified atom stereocenters. The highest BCUT2D eigenvalue weighted by molar-refractivity contribution is 6.07. The molecule has 0 radical (unpaired) electrons. The van der Waals surface area contributed by atoms with Gasteiger partial charge in [-0.1, -0.05) is 19.9 Å². The number of fused-ring (bicyclic) bond motifs is 1. The predicted octanol–water partition coefficient (Wildman–Crippen LogP) is 5.10. The quantitative estimate of drug-likeness (QED) is 0.441. The van der Waals surface area contributed by atoms with E-state index < -0.39 is 5.54 Å². The lowest BCUT2D eigenvalue weighted by Crippen LogP contribution is -2.28. The SMILES string of the molecule is CC(C)C1CC(=O)c2c([nH]c(-c3ccnc(C4(NC=O)CC4)c3)c2Nc2cccc(F)c2)C1. The predicted molar refractivity (Wildman–Crippen MR) is 125 cm³/mol. The molecule has 3 aromatic rings. The van der Waals surface area contributed by atoms with Crippen LogP contribution in [0.15, 0.2) is 42.6 Å². The minimum absolute atomic E-state index is 0.0897. The van der Waals surface area contributed by atoms with Crippen LogP contribution in [0.2, 0.25) is 0 Å². The Hall–Kier alpha value is -3.48. The van der Waals surface area contributed by atoms with Crippen molar-refractivity contribution >= 4 is 23.6 Å². The first-order valence-electron chi connectivity index (χ1n) is 11.4. The van der Waals surface area contributed by atoms with Crippen molar-refractivity contribution in [3.8, 4) is 11.3 Å². The average molecular weight is 447 g/mol. The monoisotopic (exact) mass is 446 g/mol. The van der Waals surface area contributed by atoms with E-state index in [4.69, 9.17) is 0 Å². The van der Waals surface area contributed by atoms with E-state index in [1.165, 1.54) is 12.1 Å². The van der Waals surface area contributed by atoms with E-state index in [1.807, 2.05) is 12.1 Å². The number of nitrogens with one attached hydrogen (secondary N) is 3. The maximum absolute atomic E-state index is 13.9. The third kappa shape index (κ3) is 3.92. The van der Waals surface area contributed by atoms with Crippen LogP contribution in [0.1, 0.15) is 54.9 Å². The third-order valence-electron chi connectivity index (χ3n) is 6.93. The number of pyridine rings is 1. The lowest BCUT2D eigenvalue weighted by molar-refractivity contribution is -0.110. The zero-order chi connectivity index (χ0) is 23.2. The normalized spacial score (nSPS) is 18.7. The van der Waals surface area contributed by atoms with Crippen molar-refractivity contribution < 1.29 is 14.0 Å². The molecule has 1 aromatic carbocycles.